The number of methoxy groups -OCH3 is 1. The van der Waals surface area contributed by atoms with Crippen LogP contribution in [-0.2, 0) is 13.8 Å². The van der Waals surface area contributed by atoms with E-state index in [1.165, 1.54) is 0 Å². The van der Waals surface area contributed by atoms with Gasteiger partial charge in [-0.3, -0.25) is 4.79 Å². The summed E-state index contributed by atoms with van der Waals surface area (Å²) in [5, 5.41) is 2.64. The number of nitrogens with one attached hydrogen (secondary N) is 1. The zero-order chi connectivity index (χ0) is 15.2. The van der Waals surface area contributed by atoms with E-state index >= 15 is 0 Å². The Kier molecular flexibility index (Phi) is 7.01. The summed E-state index contributed by atoms with van der Waals surface area (Å²) in [5.41, 5.74) is 0. The van der Waals surface area contributed by atoms with Crippen molar-refractivity contribution in [1.29, 1.82) is 0 Å². The van der Waals surface area contributed by atoms with Crippen LogP contribution in [0.1, 0.15) is 29.8 Å². The number of carbonyl (C=O) groups is 1. The van der Waals surface area contributed by atoms with Gasteiger partial charge in [0.25, 0.3) is 15.0 Å². The molecule has 1 aromatic heterocycles. The van der Waals surface area contributed by atoms with Crippen molar-refractivity contribution in [3.63, 3.8) is 0 Å². The van der Waals surface area contributed by atoms with E-state index < -0.39 is 15.0 Å². The first kappa shape index (κ1) is 17.5. The first-order valence-corrected chi connectivity index (χ1v) is 8.97. The number of hydrogen-bond acceptors (Lipinski definition) is 5. The van der Waals surface area contributed by atoms with Gasteiger partial charge in [-0.25, -0.2) is 8.42 Å². The highest BCUT2D eigenvalue weighted by Gasteiger charge is 2.22. The van der Waals surface area contributed by atoms with E-state index in [1.54, 1.807) is 7.11 Å². The van der Waals surface area contributed by atoms with Gasteiger partial charge in [0.1, 0.15) is 4.90 Å². The van der Waals surface area contributed by atoms with E-state index in [0.717, 1.165) is 25.3 Å². The number of halogens is 2. The zero-order valence-corrected chi connectivity index (χ0v) is 14.0. The second-order valence-corrected chi connectivity index (χ2v) is 7.25. The van der Waals surface area contributed by atoms with E-state index in [2.05, 4.69) is 21.2 Å². The predicted octanol–water partition coefficient (Wildman–Crippen LogP) is 2.52. The second-order valence-electron chi connectivity index (χ2n) is 4.00. The molecule has 1 heterocycles. The van der Waals surface area contributed by atoms with Crippen LogP contribution < -0.4 is 5.32 Å². The lowest BCUT2D eigenvalue weighted by atomic mass is 10.2. The maximum Gasteiger partial charge on any atom is 0.287 e. The molecule has 1 amide bonds. The molecule has 0 bridgehead atoms. The number of furan rings is 1. The fourth-order valence-electron chi connectivity index (χ4n) is 1.47. The summed E-state index contributed by atoms with van der Waals surface area (Å²) in [5.74, 6) is -0.586. The van der Waals surface area contributed by atoms with Crippen molar-refractivity contribution < 1.29 is 22.4 Å². The number of unbranched alkanes of at least 4 members (excludes halogenated alkanes) is 2. The Labute approximate surface area is 130 Å². The maximum absolute atomic E-state index is 11.7. The zero-order valence-electron chi connectivity index (χ0n) is 10.8. The highest BCUT2D eigenvalue weighted by Crippen LogP contribution is 2.28. The van der Waals surface area contributed by atoms with Gasteiger partial charge >= 0.3 is 0 Å². The average molecular weight is 389 g/mol. The number of ether oxygens (including phenoxy) is 1. The van der Waals surface area contributed by atoms with Crippen molar-refractivity contribution in [2.45, 2.75) is 24.2 Å². The van der Waals surface area contributed by atoms with Crippen LogP contribution in [0.4, 0.5) is 0 Å². The molecule has 114 valence electrons. The summed E-state index contributed by atoms with van der Waals surface area (Å²) in [7, 11) is 2.89. The monoisotopic (exact) mass is 387 g/mol. The lowest BCUT2D eigenvalue weighted by molar-refractivity contribution is 0.0923. The molecule has 0 fully saturated rings. The van der Waals surface area contributed by atoms with Crippen LogP contribution in [0.15, 0.2) is 20.0 Å². The Morgan fingerprint density at radius 2 is 2.15 bits per heavy atom. The number of amides is 1. The van der Waals surface area contributed by atoms with E-state index in [-0.39, 0.29) is 15.3 Å². The molecule has 1 N–H and O–H groups in total. The molecule has 20 heavy (non-hydrogen) atoms. The summed E-state index contributed by atoms with van der Waals surface area (Å²) >= 11 is 2.91. The van der Waals surface area contributed by atoms with Crippen LogP contribution in [-0.4, -0.2) is 34.6 Å². The predicted molar refractivity (Wildman–Crippen MR) is 77.5 cm³/mol. The third-order valence-corrected chi connectivity index (χ3v) is 4.63. The molecule has 0 radical (unpaired) electrons. The molecule has 0 aliphatic heterocycles. The lowest BCUT2D eigenvalue weighted by Crippen LogP contribution is -2.24. The summed E-state index contributed by atoms with van der Waals surface area (Å²) in [6, 6.07) is 1.09. The van der Waals surface area contributed by atoms with Gasteiger partial charge in [0.05, 0.1) is 0 Å². The average Bonchev–Trinajstić information content (AvgIpc) is 2.75. The van der Waals surface area contributed by atoms with Crippen molar-refractivity contribution in [3.8, 4) is 0 Å². The SMILES string of the molecule is COCCCCCNC(=O)c1cc(S(=O)(=O)Cl)c(Br)o1. The molecule has 0 aliphatic rings. The third kappa shape index (κ3) is 5.43. The topological polar surface area (TPSA) is 85.6 Å². The van der Waals surface area contributed by atoms with Crippen LogP contribution in [0.5, 0.6) is 0 Å². The molecular formula is C11H15BrClNO5S. The molecule has 0 aliphatic carbocycles. The molecule has 0 spiro atoms. The highest BCUT2D eigenvalue weighted by molar-refractivity contribution is 9.10. The standard InChI is InChI=1S/C11H15BrClNO5S/c1-18-6-4-2-3-5-14-11(15)8-7-9(10(12)19-8)20(13,16)17/h7H,2-6H2,1H3,(H,14,15). The van der Waals surface area contributed by atoms with Gasteiger partial charge in [-0.1, -0.05) is 0 Å². The smallest absolute Gasteiger partial charge is 0.287 e. The molecule has 0 saturated carbocycles. The largest absolute Gasteiger partial charge is 0.443 e. The molecule has 9 heteroatoms. The lowest BCUT2D eigenvalue weighted by Gasteiger charge is -2.02. The Morgan fingerprint density at radius 1 is 1.45 bits per heavy atom. The summed E-state index contributed by atoms with van der Waals surface area (Å²) in [4.78, 5) is 11.5. The van der Waals surface area contributed by atoms with Crippen molar-refractivity contribution in [2.75, 3.05) is 20.3 Å². The van der Waals surface area contributed by atoms with Crippen LogP contribution in [0.3, 0.4) is 0 Å². The van der Waals surface area contributed by atoms with Crippen LogP contribution >= 0.6 is 26.6 Å². The number of carbonyl (C=O) groups excluding carboxylic acids is 1. The fourth-order valence-corrected chi connectivity index (χ4v) is 3.50. The molecule has 1 aromatic rings. The van der Waals surface area contributed by atoms with Crippen molar-refractivity contribution in [1.82, 2.24) is 5.32 Å². The minimum atomic E-state index is -3.94. The van der Waals surface area contributed by atoms with Crippen LogP contribution in [0, 0.1) is 0 Å². The normalized spacial score (nSPS) is 11.6. The Balaban J connectivity index is 2.49. The van der Waals surface area contributed by atoms with Gasteiger partial charge in [-0.15, -0.1) is 0 Å². The van der Waals surface area contributed by atoms with Crippen LogP contribution in [0.2, 0.25) is 0 Å². The van der Waals surface area contributed by atoms with Crippen molar-refractivity contribution >= 4 is 41.6 Å². The number of hydrogen-bond donors (Lipinski definition) is 1. The molecule has 1 rings (SSSR count). The first-order chi connectivity index (χ1) is 9.36. The van der Waals surface area contributed by atoms with Crippen LogP contribution in [0.25, 0.3) is 0 Å². The quantitative estimate of drug-likeness (QED) is 0.546. The second kappa shape index (κ2) is 8.02. The first-order valence-electron chi connectivity index (χ1n) is 5.87. The molecule has 0 unspecified atom stereocenters. The van der Waals surface area contributed by atoms with Gasteiger partial charge in [0, 0.05) is 37.0 Å². The number of rotatable bonds is 8. The van der Waals surface area contributed by atoms with E-state index in [0.29, 0.717) is 13.2 Å². The Bertz CT molecular complexity index is 557. The van der Waals surface area contributed by atoms with Crippen molar-refractivity contribution in [2.24, 2.45) is 0 Å². The molecule has 0 aromatic carbocycles. The van der Waals surface area contributed by atoms with E-state index in [1.807, 2.05) is 0 Å². The van der Waals surface area contributed by atoms with E-state index in [4.69, 9.17) is 19.8 Å². The van der Waals surface area contributed by atoms with Gasteiger partial charge < -0.3 is 14.5 Å². The van der Waals surface area contributed by atoms with Gasteiger partial charge in [-0.05, 0) is 35.2 Å². The molecular weight excluding hydrogens is 374 g/mol. The summed E-state index contributed by atoms with van der Waals surface area (Å²) in [6.07, 6.45) is 2.65. The Morgan fingerprint density at radius 3 is 2.70 bits per heavy atom. The maximum atomic E-state index is 11.7. The highest BCUT2D eigenvalue weighted by atomic mass is 79.9. The molecule has 6 nitrogen and oxygen atoms in total. The molecule has 0 atom stereocenters. The van der Waals surface area contributed by atoms with Gasteiger partial charge in [0.2, 0.25) is 0 Å². The summed E-state index contributed by atoms with van der Waals surface area (Å²) < 4.78 is 32.2. The fraction of sp³-hybridized carbons (Fsp3) is 0.545. The van der Waals surface area contributed by atoms with E-state index in [9.17, 15) is 13.2 Å². The molecule has 0 saturated heterocycles. The van der Waals surface area contributed by atoms with Crippen molar-refractivity contribution in [3.05, 3.63) is 16.5 Å². The minimum Gasteiger partial charge on any atom is -0.443 e. The van der Waals surface area contributed by atoms with Gasteiger partial charge in [-0.2, -0.15) is 0 Å². The minimum absolute atomic E-state index is 0.0854. The van der Waals surface area contributed by atoms with Gasteiger partial charge in [0.15, 0.2) is 10.4 Å². The Hall–Kier alpha value is -0.570. The third-order valence-electron chi connectivity index (χ3n) is 2.45. The summed E-state index contributed by atoms with van der Waals surface area (Å²) in [6.45, 7) is 1.17.